The molecule has 0 saturated heterocycles. The third-order valence-electron chi connectivity index (χ3n) is 1.99. The van der Waals surface area contributed by atoms with Gasteiger partial charge in [-0.15, -0.1) is 0 Å². The first-order chi connectivity index (χ1) is 5.77. The summed E-state index contributed by atoms with van der Waals surface area (Å²) < 4.78 is 0. The predicted octanol–water partition coefficient (Wildman–Crippen LogP) is 3.21. The van der Waals surface area contributed by atoms with Gasteiger partial charge >= 0.3 is 5.97 Å². The van der Waals surface area contributed by atoms with Crippen LogP contribution in [0.4, 0.5) is 0 Å². The molecular weight excluding hydrogens is 347 g/mol. The van der Waals surface area contributed by atoms with Crippen LogP contribution in [0.5, 0.6) is 0 Å². The summed E-state index contributed by atoms with van der Waals surface area (Å²) in [5, 5.41) is 8.35. The van der Waals surface area contributed by atoms with Crippen LogP contribution >= 0.6 is 0 Å². The second-order valence-corrected chi connectivity index (χ2v) is 3.27. The smallest absolute Gasteiger partial charge is 0.303 e. The second-order valence-electron chi connectivity index (χ2n) is 3.27. The van der Waals surface area contributed by atoms with E-state index in [0.717, 1.165) is 12.8 Å². The number of carbonyl (C=O) groups is 1. The molecule has 0 aromatic carbocycles. The summed E-state index contributed by atoms with van der Waals surface area (Å²) >= 11 is 0. The molecule has 0 aliphatic carbocycles. The molecule has 0 fully saturated rings. The number of hydrogen-bond donors (Lipinski definition) is 1. The van der Waals surface area contributed by atoms with E-state index >= 15 is 0 Å². The number of carboxylic acid groups (broad SMARTS) is 1. The molecule has 0 spiro atoms. The largest absolute Gasteiger partial charge is 0.481 e. The van der Waals surface area contributed by atoms with Gasteiger partial charge in [-0.2, -0.15) is 0 Å². The summed E-state index contributed by atoms with van der Waals surface area (Å²) in [6, 6.07) is 0. The fourth-order valence-electron chi connectivity index (χ4n) is 1.23. The van der Waals surface area contributed by atoms with Crippen LogP contribution < -0.4 is 0 Å². The van der Waals surface area contributed by atoms with Crippen molar-refractivity contribution in [3.63, 3.8) is 0 Å². The molecule has 0 heterocycles. The van der Waals surface area contributed by atoms with Crippen LogP contribution in [0.2, 0.25) is 0 Å². The average molecular weight is 367 g/mol. The maximum absolute atomic E-state index is 10.1. The summed E-state index contributed by atoms with van der Waals surface area (Å²) in [5.74, 6) is -0.663. The van der Waals surface area contributed by atoms with Crippen LogP contribution in [-0.4, -0.2) is 11.1 Å². The van der Waals surface area contributed by atoms with E-state index in [1.165, 1.54) is 32.1 Å². The summed E-state index contributed by atoms with van der Waals surface area (Å²) in [6.45, 7) is 2.20. The van der Waals surface area contributed by atoms with Crippen molar-refractivity contribution >= 4 is 5.97 Å². The third-order valence-corrected chi connectivity index (χ3v) is 1.99. The number of unbranched alkanes of at least 4 members (excludes halogenated alkanes) is 6. The second kappa shape index (κ2) is 12.2. The minimum atomic E-state index is -0.663. The number of aliphatic carboxylic acids is 1. The maximum atomic E-state index is 10.1. The van der Waals surface area contributed by atoms with Crippen LogP contribution in [0, 0.1) is 0 Å². The van der Waals surface area contributed by atoms with E-state index in [-0.39, 0.29) is 21.1 Å². The monoisotopic (exact) mass is 367 g/mol. The third kappa shape index (κ3) is 15.0. The first-order valence-corrected chi connectivity index (χ1v) is 4.99. The molecule has 3 heteroatoms. The Morgan fingerprint density at radius 1 is 1.00 bits per heavy atom. The van der Waals surface area contributed by atoms with E-state index in [0.29, 0.717) is 6.42 Å². The molecule has 1 N–H and O–H groups in total. The molecule has 0 unspecified atom stereocenters. The van der Waals surface area contributed by atoms with Crippen molar-refractivity contribution in [2.24, 2.45) is 0 Å². The van der Waals surface area contributed by atoms with E-state index in [9.17, 15) is 4.79 Å². The van der Waals surface area contributed by atoms with Gasteiger partial charge in [0.2, 0.25) is 0 Å². The van der Waals surface area contributed by atoms with Gasteiger partial charge in [-0.1, -0.05) is 45.4 Å². The van der Waals surface area contributed by atoms with Gasteiger partial charge < -0.3 is 5.11 Å². The van der Waals surface area contributed by atoms with E-state index in [4.69, 9.17) is 5.11 Å². The van der Waals surface area contributed by atoms with Crippen LogP contribution in [0.15, 0.2) is 0 Å². The molecular formula is C10H20O2Pt. The van der Waals surface area contributed by atoms with Gasteiger partial charge in [0.25, 0.3) is 0 Å². The normalized spacial score (nSPS) is 9.31. The molecule has 0 saturated carbocycles. The number of hydrogen-bond acceptors (Lipinski definition) is 1. The molecule has 0 bridgehead atoms. The Bertz CT molecular complexity index is 115. The number of carboxylic acids is 1. The van der Waals surface area contributed by atoms with Gasteiger partial charge in [0.15, 0.2) is 0 Å². The van der Waals surface area contributed by atoms with Crippen molar-refractivity contribution in [2.75, 3.05) is 0 Å². The summed E-state index contributed by atoms with van der Waals surface area (Å²) in [5.41, 5.74) is 0. The Kier molecular flexibility index (Phi) is 14.6. The van der Waals surface area contributed by atoms with Crippen molar-refractivity contribution in [1.29, 1.82) is 0 Å². The van der Waals surface area contributed by atoms with Crippen LogP contribution in [0.1, 0.15) is 58.3 Å². The van der Waals surface area contributed by atoms with Gasteiger partial charge in [0, 0.05) is 27.5 Å². The van der Waals surface area contributed by atoms with Gasteiger partial charge in [-0.3, -0.25) is 4.79 Å². The van der Waals surface area contributed by atoms with Crippen LogP contribution in [0.3, 0.4) is 0 Å². The molecule has 13 heavy (non-hydrogen) atoms. The van der Waals surface area contributed by atoms with Crippen LogP contribution in [0.25, 0.3) is 0 Å². The zero-order valence-corrected chi connectivity index (χ0v) is 10.6. The maximum Gasteiger partial charge on any atom is 0.303 e. The topological polar surface area (TPSA) is 37.3 Å². The molecule has 0 amide bonds. The zero-order chi connectivity index (χ0) is 9.23. The van der Waals surface area contributed by atoms with Gasteiger partial charge in [0.05, 0.1) is 0 Å². The van der Waals surface area contributed by atoms with Crippen molar-refractivity contribution in [3.8, 4) is 0 Å². The van der Waals surface area contributed by atoms with Crippen molar-refractivity contribution in [2.45, 2.75) is 58.3 Å². The van der Waals surface area contributed by atoms with Gasteiger partial charge in [0.1, 0.15) is 0 Å². The van der Waals surface area contributed by atoms with Crippen molar-refractivity contribution in [3.05, 3.63) is 0 Å². The molecule has 0 radical (unpaired) electrons. The summed E-state index contributed by atoms with van der Waals surface area (Å²) in [7, 11) is 0. The Labute approximate surface area is 95.4 Å². The fourth-order valence-corrected chi connectivity index (χ4v) is 1.23. The minimum Gasteiger partial charge on any atom is -0.481 e. The van der Waals surface area contributed by atoms with Crippen molar-refractivity contribution < 1.29 is 31.0 Å². The molecule has 0 rings (SSSR count). The summed E-state index contributed by atoms with van der Waals surface area (Å²) in [4.78, 5) is 10.1. The molecule has 0 aliphatic rings. The summed E-state index contributed by atoms with van der Waals surface area (Å²) in [6.07, 6.45) is 8.64. The number of rotatable bonds is 8. The van der Waals surface area contributed by atoms with E-state index in [1.807, 2.05) is 0 Å². The quantitative estimate of drug-likeness (QED) is 0.669. The fraction of sp³-hybridized carbons (Fsp3) is 0.900. The molecule has 2 nitrogen and oxygen atoms in total. The first-order valence-electron chi connectivity index (χ1n) is 4.99. The van der Waals surface area contributed by atoms with Gasteiger partial charge in [-0.05, 0) is 6.42 Å². The standard InChI is InChI=1S/C10H20O2.Pt/c1-2-3-4-5-6-7-8-9-10(11)12;/h2-9H2,1H3,(H,11,12);. The predicted molar refractivity (Wildman–Crippen MR) is 50.2 cm³/mol. The first kappa shape index (κ1) is 15.6. The van der Waals surface area contributed by atoms with Crippen molar-refractivity contribution in [1.82, 2.24) is 0 Å². The molecule has 0 aliphatic heterocycles. The molecule has 82 valence electrons. The van der Waals surface area contributed by atoms with E-state index in [2.05, 4.69) is 6.92 Å². The molecule has 0 atom stereocenters. The zero-order valence-electron chi connectivity index (χ0n) is 8.33. The average Bonchev–Trinajstić information content (AvgIpc) is 2.02. The SMILES string of the molecule is CCCCCCCCCC(=O)O.[Pt]. The Balaban J connectivity index is 0. The Hall–Kier alpha value is 0.158. The van der Waals surface area contributed by atoms with E-state index < -0.39 is 5.97 Å². The van der Waals surface area contributed by atoms with Crippen LogP contribution in [-0.2, 0) is 25.9 Å². The Morgan fingerprint density at radius 2 is 1.46 bits per heavy atom. The minimum absolute atomic E-state index is 0. The molecule has 0 aromatic heterocycles. The van der Waals surface area contributed by atoms with E-state index in [1.54, 1.807) is 0 Å². The Morgan fingerprint density at radius 3 is 1.92 bits per heavy atom. The van der Waals surface area contributed by atoms with Gasteiger partial charge in [-0.25, -0.2) is 0 Å². The molecule has 0 aromatic rings.